The first kappa shape index (κ1) is 18.1. The highest BCUT2D eigenvalue weighted by Gasteiger charge is 2.16. The summed E-state index contributed by atoms with van der Waals surface area (Å²) < 4.78 is 21.7. The van der Waals surface area contributed by atoms with E-state index in [4.69, 9.17) is 18.9 Å². The number of fused-ring (bicyclic) bond motifs is 1. The molecule has 0 spiro atoms. The molecule has 2 aromatic rings. The van der Waals surface area contributed by atoms with Crippen molar-refractivity contribution in [1.82, 2.24) is 4.90 Å². The smallest absolute Gasteiger partial charge is 0.231 e. The zero-order valence-electron chi connectivity index (χ0n) is 15.7. The standard InChI is InChI=1S/C21H25NO4/c1-22(2)10-9-17-13-21-20(25-14-26-21)12-16(17)7-5-15-6-8-18(23-3)19(11-15)24-4/h5-8,11-13H,9-10,14H2,1-4H3/b7-5+. The molecule has 138 valence electrons. The van der Waals surface area contributed by atoms with E-state index in [9.17, 15) is 0 Å². The van der Waals surface area contributed by atoms with E-state index >= 15 is 0 Å². The minimum Gasteiger partial charge on any atom is -0.493 e. The topological polar surface area (TPSA) is 40.2 Å². The first-order valence-corrected chi connectivity index (χ1v) is 8.58. The molecule has 0 unspecified atom stereocenters. The highest BCUT2D eigenvalue weighted by Crippen LogP contribution is 2.36. The summed E-state index contributed by atoms with van der Waals surface area (Å²) in [5.41, 5.74) is 3.41. The zero-order valence-corrected chi connectivity index (χ0v) is 15.7. The van der Waals surface area contributed by atoms with Crippen LogP contribution in [0.3, 0.4) is 0 Å². The highest BCUT2D eigenvalue weighted by atomic mass is 16.7. The summed E-state index contributed by atoms with van der Waals surface area (Å²) in [7, 11) is 7.43. The van der Waals surface area contributed by atoms with Crippen LogP contribution in [-0.2, 0) is 6.42 Å². The Hall–Kier alpha value is -2.66. The van der Waals surface area contributed by atoms with E-state index in [-0.39, 0.29) is 6.79 Å². The van der Waals surface area contributed by atoms with Gasteiger partial charge < -0.3 is 23.8 Å². The van der Waals surface area contributed by atoms with E-state index in [1.54, 1.807) is 14.2 Å². The molecule has 1 aliphatic rings. The summed E-state index contributed by atoms with van der Waals surface area (Å²) in [5, 5.41) is 0. The normalized spacial score (nSPS) is 12.8. The van der Waals surface area contributed by atoms with Crippen molar-refractivity contribution in [3.05, 3.63) is 47.0 Å². The van der Waals surface area contributed by atoms with Crippen molar-refractivity contribution in [2.24, 2.45) is 0 Å². The van der Waals surface area contributed by atoms with Gasteiger partial charge in [0.25, 0.3) is 0 Å². The van der Waals surface area contributed by atoms with Crippen LogP contribution in [0.25, 0.3) is 12.2 Å². The number of nitrogens with zero attached hydrogens (tertiary/aromatic N) is 1. The van der Waals surface area contributed by atoms with Crippen LogP contribution in [0.5, 0.6) is 23.0 Å². The Bertz CT molecular complexity index is 799. The van der Waals surface area contributed by atoms with Gasteiger partial charge in [0, 0.05) is 6.54 Å². The van der Waals surface area contributed by atoms with Gasteiger partial charge in [-0.25, -0.2) is 0 Å². The van der Waals surface area contributed by atoms with E-state index in [1.807, 2.05) is 24.3 Å². The van der Waals surface area contributed by atoms with Gasteiger partial charge in [0.05, 0.1) is 14.2 Å². The molecule has 1 heterocycles. The third-order valence-corrected chi connectivity index (χ3v) is 4.33. The van der Waals surface area contributed by atoms with Crippen LogP contribution < -0.4 is 18.9 Å². The number of ether oxygens (including phenoxy) is 4. The first-order chi connectivity index (χ1) is 12.6. The van der Waals surface area contributed by atoms with Crippen LogP contribution in [0.15, 0.2) is 30.3 Å². The predicted octanol–water partition coefficient (Wildman–Crippen LogP) is 3.71. The monoisotopic (exact) mass is 355 g/mol. The third kappa shape index (κ3) is 4.11. The number of rotatable bonds is 7. The van der Waals surface area contributed by atoms with Crippen LogP contribution >= 0.6 is 0 Å². The molecule has 2 aromatic carbocycles. The first-order valence-electron chi connectivity index (χ1n) is 8.58. The number of methoxy groups -OCH3 is 2. The van der Waals surface area contributed by atoms with E-state index < -0.39 is 0 Å². The van der Waals surface area contributed by atoms with Crippen molar-refractivity contribution >= 4 is 12.2 Å². The van der Waals surface area contributed by atoms with Gasteiger partial charge in [-0.15, -0.1) is 0 Å². The lowest BCUT2D eigenvalue weighted by atomic mass is 10.0. The molecule has 0 radical (unpaired) electrons. The molecule has 26 heavy (non-hydrogen) atoms. The van der Waals surface area contributed by atoms with Gasteiger partial charge in [-0.1, -0.05) is 18.2 Å². The third-order valence-electron chi connectivity index (χ3n) is 4.33. The quantitative estimate of drug-likeness (QED) is 0.708. The van der Waals surface area contributed by atoms with Gasteiger partial charge in [-0.05, 0) is 61.5 Å². The van der Waals surface area contributed by atoms with Crippen molar-refractivity contribution in [3.8, 4) is 23.0 Å². The van der Waals surface area contributed by atoms with Crippen molar-refractivity contribution in [2.45, 2.75) is 6.42 Å². The van der Waals surface area contributed by atoms with Gasteiger partial charge in [0.1, 0.15) is 0 Å². The summed E-state index contributed by atoms with van der Waals surface area (Å²) in [5.74, 6) is 3.06. The fourth-order valence-corrected chi connectivity index (χ4v) is 2.86. The minimum absolute atomic E-state index is 0.283. The molecule has 0 bridgehead atoms. The summed E-state index contributed by atoms with van der Waals surface area (Å²) in [4.78, 5) is 2.17. The van der Waals surface area contributed by atoms with E-state index in [1.165, 1.54) is 5.56 Å². The summed E-state index contributed by atoms with van der Waals surface area (Å²) >= 11 is 0. The molecule has 1 aliphatic heterocycles. The number of benzene rings is 2. The molecule has 3 rings (SSSR count). The lowest BCUT2D eigenvalue weighted by Crippen LogP contribution is -2.15. The second-order valence-electron chi connectivity index (χ2n) is 6.41. The molecule has 0 aromatic heterocycles. The van der Waals surface area contributed by atoms with Crippen LogP contribution in [0.1, 0.15) is 16.7 Å². The second-order valence-corrected chi connectivity index (χ2v) is 6.41. The largest absolute Gasteiger partial charge is 0.493 e. The molecule has 0 aliphatic carbocycles. The minimum atomic E-state index is 0.283. The van der Waals surface area contributed by atoms with Crippen LogP contribution in [0, 0.1) is 0 Å². The van der Waals surface area contributed by atoms with Gasteiger partial charge in [-0.2, -0.15) is 0 Å². The molecule has 5 heteroatoms. The summed E-state index contributed by atoms with van der Waals surface area (Å²) in [6.45, 7) is 1.25. The van der Waals surface area contributed by atoms with Crippen LogP contribution in [-0.4, -0.2) is 46.6 Å². The number of hydrogen-bond donors (Lipinski definition) is 0. The van der Waals surface area contributed by atoms with Crippen molar-refractivity contribution < 1.29 is 18.9 Å². The average molecular weight is 355 g/mol. The lowest BCUT2D eigenvalue weighted by molar-refractivity contribution is 0.174. The second kappa shape index (κ2) is 8.15. The fraction of sp³-hybridized carbons (Fsp3) is 0.333. The van der Waals surface area contributed by atoms with E-state index in [2.05, 4.69) is 37.2 Å². The Morgan fingerprint density at radius 3 is 2.38 bits per heavy atom. The Balaban J connectivity index is 1.89. The van der Waals surface area contributed by atoms with Crippen molar-refractivity contribution in [3.63, 3.8) is 0 Å². The molecular weight excluding hydrogens is 330 g/mol. The maximum atomic E-state index is 5.54. The molecule has 0 amide bonds. The van der Waals surface area contributed by atoms with Gasteiger partial charge in [0.15, 0.2) is 23.0 Å². The molecule has 0 saturated carbocycles. The number of likely N-dealkylation sites (N-methyl/N-ethyl adjacent to an activating group) is 1. The van der Waals surface area contributed by atoms with Crippen LogP contribution in [0.4, 0.5) is 0 Å². The zero-order chi connectivity index (χ0) is 18.5. The number of hydrogen-bond acceptors (Lipinski definition) is 5. The average Bonchev–Trinajstić information content (AvgIpc) is 3.11. The SMILES string of the molecule is COc1ccc(/C=C/c2cc3c(cc2CCN(C)C)OCO3)cc1OC. The highest BCUT2D eigenvalue weighted by molar-refractivity contribution is 5.74. The Morgan fingerprint density at radius 1 is 0.962 bits per heavy atom. The Labute approximate surface area is 154 Å². The van der Waals surface area contributed by atoms with Crippen molar-refractivity contribution in [2.75, 3.05) is 41.7 Å². The summed E-state index contributed by atoms with van der Waals surface area (Å²) in [6, 6.07) is 10.0. The molecule has 5 nitrogen and oxygen atoms in total. The van der Waals surface area contributed by atoms with Crippen molar-refractivity contribution in [1.29, 1.82) is 0 Å². The summed E-state index contributed by atoms with van der Waals surface area (Å²) in [6.07, 6.45) is 5.11. The van der Waals surface area contributed by atoms with Gasteiger partial charge in [-0.3, -0.25) is 0 Å². The van der Waals surface area contributed by atoms with Gasteiger partial charge in [0.2, 0.25) is 6.79 Å². The molecule has 0 atom stereocenters. The molecular formula is C21H25NO4. The Kier molecular flexibility index (Phi) is 5.68. The maximum absolute atomic E-state index is 5.54. The maximum Gasteiger partial charge on any atom is 0.231 e. The van der Waals surface area contributed by atoms with Gasteiger partial charge >= 0.3 is 0 Å². The molecule has 0 fully saturated rings. The van der Waals surface area contributed by atoms with E-state index in [0.29, 0.717) is 5.75 Å². The molecule has 0 saturated heterocycles. The lowest BCUT2D eigenvalue weighted by Gasteiger charge is -2.12. The van der Waals surface area contributed by atoms with E-state index in [0.717, 1.165) is 41.3 Å². The molecule has 0 N–H and O–H groups in total. The Morgan fingerprint density at radius 2 is 1.69 bits per heavy atom. The predicted molar refractivity (Wildman–Crippen MR) is 103 cm³/mol. The van der Waals surface area contributed by atoms with Crippen LogP contribution in [0.2, 0.25) is 0 Å². The fourth-order valence-electron chi connectivity index (χ4n) is 2.86.